The molecule has 30 heavy (non-hydrogen) atoms. The summed E-state index contributed by atoms with van der Waals surface area (Å²) in [5.41, 5.74) is 1.82. The van der Waals surface area contributed by atoms with Crippen molar-refractivity contribution in [3.05, 3.63) is 30.1 Å². The van der Waals surface area contributed by atoms with E-state index in [1.165, 1.54) is 0 Å². The number of carbonyl (C=O) groups is 2. The first-order chi connectivity index (χ1) is 14.7. The summed E-state index contributed by atoms with van der Waals surface area (Å²) in [6.07, 6.45) is 5.04. The van der Waals surface area contributed by atoms with Crippen molar-refractivity contribution in [3.63, 3.8) is 0 Å². The van der Waals surface area contributed by atoms with Gasteiger partial charge < -0.3 is 24.7 Å². The van der Waals surface area contributed by atoms with Crippen LogP contribution in [-0.2, 0) is 32.0 Å². The van der Waals surface area contributed by atoms with Gasteiger partial charge in [0.2, 0.25) is 11.8 Å². The molecule has 0 aliphatic carbocycles. The molecule has 4 rings (SSSR count). The van der Waals surface area contributed by atoms with Crippen molar-refractivity contribution in [2.24, 2.45) is 0 Å². The molecule has 2 atom stereocenters. The van der Waals surface area contributed by atoms with Crippen LogP contribution in [0.4, 0.5) is 0 Å². The lowest BCUT2D eigenvalue weighted by atomic mass is 10.2. The number of carbonyl (C=O) groups excluding carboxylic acids is 2. The van der Waals surface area contributed by atoms with E-state index >= 15 is 0 Å². The van der Waals surface area contributed by atoms with Crippen LogP contribution in [0, 0.1) is 0 Å². The first kappa shape index (κ1) is 20.8. The van der Waals surface area contributed by atoms with Crippen molar-refractivity contribution >= 4 is 22.8 Å². The second-order valence-electron chi connectivity index (χ2n) is 7.94. The van der Waals surface area contributed by atoms with Crippen molar-refractivity contribution in [2.45, 2.75) is 57.3 Å². The monoisotopic (exact) mass is 414 g/mol. The maximum Gasteiger partial charge on any atom is 0.249 e. The predicted octanol–water partition coefficient (Wildman–Crippen LogP) is 1.56. The molecule has 2 saturated heterocycles. The van der Waals surface area contributed by atoms with Gasteiger partial charge in [-0.15, -0.1) is 0 Å². The van der Waals surface area contributed by atoms with Gasteiger partial charge in [-0.3, -0.25) is 9.59 Å². The fourth-order valence-electron chi connectivity index (χ4n) is 4.08. The highest BCUT2D eigenvalue weighted by Gasteiger charge is 2.23. The number of nitrogens with one attached hydrogen (secondary N) is 2. The molecule has 0 spiro atoms. The number of aryl methyl sites for hydroxylation is 1. The summed E-state index contributed by atoms with van der Waals surface area (Å²) in [6, 6.07) is 7.84. The minimum absolute atomic E-state index is 0.0329. The van der Waals surface area contributed by atoms with E-state index in [4.69, 9.17) is 14.5 Å². The van der Waals surface area contributed by atoms with Gasteiger partial charge in [0, 0.05) is 32.7 Å². The van der Waals surface area contributed by atoms with E-state index < -0.39 is 0 Å². The minimum Gasteiger partial charge on any atom is -0.376 e. The average molecular weight is 415 g/mol. The number of rotatable bonds is 9. The van der Waals surface area contributed by atoms with Crippen LogP contribution in [0.3, 0.4) is 0 Å². The molecule has 2 N–H and O–H groups in total. The van der Waals surface area contributed by atoms with Gasteiger partial charge in [-0.2, -0.15) is 0 Å². The third-order valence-corrected chi connectivity index (χ3v) is 5.68. The van der Waals surface area contributed by atoms with Gasteiger partial charge in [-0.05, 0) is 44.2 Å². The molecule has 162 valence electrons. The lowest BCUT2D eigenvalue weighted by Crippen LogP contribution is -2.35. The van der Waals surface area contributed by atoms with Crippen LogP contribution in [0.1, 0.15) is 37.9 Å². The van der Waals surface area contributed by atoms with Crippen molar-refractivity contribution in [1.29, 1.82) is 0 Å². The number of aromatic nitrogens is 2. The zero-order valence-corrected chi connectivity index (χ0v) is 17.3. The second-order valence-corrected chi connectivity index (χ2v) is 7.94. The minimum atomic E-state index is -0.304. The summed E-state index contributed by atoms with van der Waals surface area (Å²) in [5.74, 6) is 0.783. The van der Waals surface area contributed by atoms with E-state index in [1.807, 2.05) is 28.8 Å². The molecule has 2 aromatic rings. The highest BCUT2D eigenvalue weighted by molar-refractivity contribution is 5.81. The third-order valence-electron chi connectivity index (χ3n) is 5.68. The molecule has 2 aliphatic rings. The summed E-state index contributed by atoms with van der Waals surface area (Å²) < 4.78 is 13.0. The molecular formula is C22H30N4O4. The first-order valence-electron chi connectivity index (χ1n) is 10.9. The number of hydrogen-bond acceptors (Lipinski definition) is 5. The highest BCUT2D eigenvalue weighted by Crippen LogP contribution is 2.17. The quantitative estimate of drug-likeness (QED) is 0.608. The van der Waals surface area contributed by atoms with Gasteiger partial charge in [-0.1, -0.05) is 12.1 Å². The molecule has 1 aromatic heterocycles. The lowest BCUT2D eigenvalue weighted by molar-refractivity contribution is -0.130. The molecule has 0 saturated carbocycles. The standard InChI is InChI=1S/C22H30N4O4/c27-21(24-14-16-6-4-12-29-16)15-26-18-8-2-1-7-17(18)25-20(26)10-3-11-23-22(28)19-9-5-13-30-19/h1-2,7-8,16,19H,3-6,9-15H2,(H,23,28)(H,24,27). The maximum absolute atomic E-state index is 12.5. The Labute approximate surface area is 176 Å². The number of fused-ring (bicyclic) bond motifs is 1. The van der Waals surface area contributed by atoms with Gasteiger partial charge in [0.25, 0.3) is 0 Å². The molecule has 0 bridgehead atoms. The summed E-state index contributed by atoms with van der Waals surface area (Å²) in [6.45, 7) is 2.78. The largest absolute Gasteiger partial charge is 0.376 e. The second kappa shape index (κ2) is 10.0. The van der Waals surface area contributed by atoms with Crippen LogP contribution in [0.2, 0.25) is 0 Å². The van der Waals surface area contributed by atoms with Gasteiger partial charge in [0.1, 0.15) is 18.5 Å². The number of ether oxygens (including phenoxy) is 2. The Morgan fingerprint density at radius 1 is 1.10 bits per heavy atom. The topological polar surface area (TPSA) is 94.5 Å². The molecule has 2 amide bonds. The molecule has 8 nitrogen and oxygen atoms in total. The Kier molecular flexibility index (Phi) is 6.96. The fourth-order valence-corrected chi connectivity index (χ4v) is 4.08. The lowest BCUT2D eigenvalue weighted by Gasteiger charge is -2.13. The molecular weight excluding hydrogens is 384 g/mol. The number of nitrogens with zero attached hydrogens (tertiary/aromatic N) is 2. The number of amides is 2. The molecule has 3 heterocycles. The van der Waals surface area contributed by atoms with Gasteiger partial charge in [0.15, 0.2) is 0 Å². The van der Waals surface area contributed by atoms with E-state index in [-0.39, 0.29) is 30.6 Å². The fraction of sp³-hybridized carbons (Fsp3) is 0.591. The van der Waals surface area contributed by atoms with Gasteiger partial charge in [0.05, 0.1) is 17.1 Å². The van der Waals surface area contributed by atoms with Crippen molar-refractivity contribution < 1.29 is 19.1 Å². The van der Waals surface area contributed by atoms with Crippen LogP contribution in [0.5, 0.6) is 0 Å². The Hall–Kier alpha value is -2.45. The van der Waals surface area contributed by atoms with Crippen molar-refractivity contribution in [3.8, 4) is 0 Å². The zero-order valence-electron chi connectivity index (χ0n) is 17.3. The Morgan fingerprint density at radius 2 is 1.93 bits per heavy atom. The Morgan fingerprint density at radius 3 is 2.73 bits per heavy atom. The van der Waals surface area contributed by atoms with Crippen LogP contribution in [-0.4, -0.2) is 59.9 Å². The van der Waals surface area contributed by atoms with Crippen molar-refractivity contribution in [2.75, 3.05) is 26.3 Å². The molecule has 2 unspecified atom stereocenters. The van der Waals surface area contributed by atoms with Gasteiger partial charge >= 0.3 is 0 Å². The van der Waals surface area contributed by atoms with Crippen LogP contribution in [0.15, 0.2) is 24.3 Å². The SMILES string of the molecule is O=C(Cn1c(CCCNC(=O)C2CCCO2)nc2ccccc21)NCC1CCCO1. The summed E-state index contributed by atoms with van der Waals surface area (Å²) in [7, 11) is 0. The van der Waals surface area contributed by atoms with E-state index in [9.17, 15) is 9.59 Å². The summed E-state index contributed by atoms with van der Waals surface area (Å²) >= 11 is 0. The molecule has 0 radical (unpaired) electrons. The van der Waals surface area contributed by atoms with E-state index in [0.717, 1.165) is 55.6 Å². The predicted molar refractivity (Wildman–Crippen MR) is 112 cm³/mol. The van der Waals surface area contributed by atoms with Crippen LogP contribution >= 0.6 is 0 Å². The third kappa shape index (κ3) is 5.17. The average Bonchev–Trinajstić information content (AvgIpc) is 3.51. The number of imidazole rings is 1. The first-order valence-corrected chi connectivity index (χ1v) is 10.9. The number of benzene rings is 1. The Bertz CT molecular complexity index is 869. The molecule has 8 heteroatoms. The highest BCUT2D eigenvalue weighted by atomic mass is 16.5. The molecule has 1 aromatic carbocycles. The summed E-state index contributed by atoms with van der Waals surface area (Å²) in [4.78, 5) is 29.3. The normalized spacial score (nSPS) is 21.2. The Balaban J connectivity index is 1.33. The smallest absolute Gasteiger partial charge is 0.249 e. The van der Waals surface area contributed by atoms with Gasteiger partial charge in [-0.25, -0.2) is 4.98 Å². The van der Waals surface area contributed by atoms with Crippen molar-refractivity contribution in [1.82, 2.24) is 20.2 Å². The molecule has 2 aliphatic heterocycles. The van der Waals surface area contributed by atoms with E-state index in [0.29, 0.717) is 26.1 Å². The van der Waals surface area contributed by atoms with Crippen LogP contribution in [0.25, 0.3) is 11.0 Å². The summed E-state index contributed by atoms with van der Waals surface area (Å²) in [5, 5.41) is 5.93. The van der Waals surface area contributed by atoms with E-state index in [2.05, 4.69) is 10.6 Å². The number of hydrogen-bond donors (Lipinski definition) is 2. The zero-order chi connectivity index (χ0) is 20.8. The number of para-hydroxylation sites is 2. The van der Waals surface area contributed by atoms with Crippen LogP contribution < -0.4 is 10.6 Å². The van der Waals surface area contributed by atoms with E-state index in [1.54, 1.807) is 0 Å². The maximum atomic E-state index is 12.5. The molecule has 2 fully saturated rings.